The van der Waals surface area contributed by atoms with Crippen molar-refractivity contribution in [3.63, 3.8) is 0 Å². The summed E-state index contributed by atoms with van der Waals surface area (Å²) >= 11 is 0. The molecule has 0 saturated heterocycles. The highest BCUT2D eigenvalue weighted by Crippen LogP contribution is 2.49. The Morgan fingerprint density at radius 1 is 0.852 bits per heavy atom. The molecule has 0 fully saturated rings. The number of nitrogens with zero attached hydrogens (tertiary/aromatic N) is 1. The maximum atomic E-state index is 13.4. The van der Waals surface area contributed by atoms with Gasteiger partial charge in [-0.2, -0.15) is 0 Å². The molecule has 3 aliphatic rings. The van der Waals surface area contributed by atoms with E-state index >= 15 is 0 Å². The lowest BCUT2D eigenvalue weighted by atomic mass is 9.65. The van der Waals surface area contributed by atoms with Gasteiger partial charge in [0.2, 0.25) is 0 Å². The van der Waals surface area contributed by atoms with E-state index < -0.39 is 5.92 Å². The fourth-order valence-corrected chi connectivity index (χ4v) is 4.64. The highest BCUT2D eigenvalue weighted by Gasteiger charge is 2.44. The van der Waals surface area contributed by atoms with Crippen molar-refractivity contribution in [2.24, 2.45) is 0 Å². The monoisotopic (exact) mass is 355 g/mol. The normalized spacial score (nSPS) is 21.8. The van der Waals surface area contributed by atoms with Crippen molar-refractivity contribution in [1.29, 1.82) is 0 Å². The van der Waals surface area contributed by atoms with Crippen LogP contribution in [0.1, 0.15) is 57.9 Å². The smallest absolute Gasteiger partial charge is 0.191 e. The first kappa shape index (κ1) is 16.1. The van der Waals surface area contributed by atoms with Crippen molar-refractivity contribution in [3.05, 3.63) is 87.8 Å². The van der Waals surface area contributed by atoms with Crippen LogP contribution in [0.25, 0.3) is 0 Å². The highest BCUT2D eigenvalue weighted by molar-refractivity contribution is 6.28. The third-order valence-corrected chi connectivity index (χ3v) is 5.81. The van der Waals surface area contributed by atoms with E-state index in [2.05, 4.69) is 4.98 Å². The Balaban J connectivity index is 1.77. The number of rotatable bonds is 1. The Kier molecular flexibility index (Phi) is 3.54. The number of fused-ring (bicyclic) bond motifs is 1. The third-order valence-electron chi connectivity index (χ3n) is 5.81. The molecule has 27 heavy (non-hydrogen) atoms. The summed E-state index contributed by atoms with van der Waals surface area (Å²) in [6, 6.07) is 10.7. The van der Waals surface area contributed by atoms with Crippen molar-refractivity contribution in [1.82, 2.24) is 4.98 Å². The topological polar surface area (TPSA) is 64.1 Å². The van der Waals surface area contributed by atoms with Crippen LogP contribution in [0.2, 0.25) is 0 Å². The predicted octanol–water partition coefficient (Wildman–Crippen LogP) is 3.99. The Bertz CT molecular complexity index is 1080. The molecular formula is C23H17NO3. The molecule has 2 aromatic rings. The van der Waals surface area contributed by atoms with Crippen LogP contribution in [-0.4, -0.2) is 22.3 Å². The Labute approximate surface area is 156 Å². The van der Waals surface area contributed by atoms with E-state index in [1.165, 1.54) is 0 Å². The molecule has 0 spiro atoms. The summed E-state index contributed by atoms with van der Waals surface area (Å²) in [5.41, 5.74) is 4.46. The zero-order valence-corrected chi connectivity index (χ0v) is 14.7. The standard InChI is InChI=1S/C23H17NO3/c25-18-9-3-5-13-11-17-21(20(19(13)18)14-6-4-10-24-12-14)23(27)16-8-2-1-7-15(16)22(17)26/h1-2,4,6-8,10,12,20H,3,5,9,11H2. The number of pyridine rings is 1. The van der Waals surface area contributed by atoms with Gasteiger partial charge >= 0.3 is 0 Å². The fraction of sp³-hybridized carbons (Fsp3) is 0.217. The van der Waals surface area contributed by atoms with Crippen LogP contribution in [0.5, 0.6) is 0 Å². The molecule has 1 heterocycles. The average molecular weight is 355 g/mol. The summed E-state index contributed by atoms with van der Waals surface area (Å²) in [6.45, 7) is 0. The maximum Gasteiger partial charge on any atom is 0.191 e. The second-order valence-electron chi connectivity index (χ2n) is 7.29. The molecule has 0 saturated carbocycles. The van der Waals surface area contributed by atoms with Gasteiger partial charge in [-0.15, -0.1) is 0 Å². The number of aromatic nitrogens is 1. The lowest BCUT2D eigenvalue weighted by Crippen LogP contribution is -2.33. The average Bonchev–Trinajstić information content (AvgIpc) is 2.71. The SMILES string of the molecule is O=C1CCCC2=C1C(c1cccnc1)C1=C(C2)C(=O)c2ccccc2C1=O. The Morgan fingerprint density at radius 2 is 1.63 bits per heavy atom. The van der Waals surface area contributed by atoms with Gasteiger partial charge < -0.3 is 0 Å². The first-order valence-electron chi connectivity index (χ1n) is 9.23. The minimum absolute atomic E-state index is 0.0846. The van der Waals surface area contributed by atoms with Crippen LogP contribution in [0, 0.1) is 0 Å². The molecule has 0 aliphatic heterocycles. The van der Waals surface area contributed by atoms with Crippen LogP contribution in [0.4, 0.5) is 0 Å². The molecule has 1 aromatic carbocycles. The lowest BCUT2D eigenvalue weighted by Gasteiger charge is -2.36. The number of carbonyl (C=O) groups is 3. The van der Waals surface area contributed by atoms with Gasteiger partial charge in [0.05, 0.1) is 0 Å². The van der Waals surface area contributed by atoms with E-state index in [4.69, 9.17) is 0 Å². The van der Waals surface area contributed by atoms with E-state index in [-0.39, 0.29) is 17.3 Å². The molecule has 4 nitrogen and oxygen atoms in total. The number of hydrogen-bond donors (Lipinski definition) is 0. The van der Waals surface area contributed by atoms with Gasteiger partial charge in [0.15, 0.2) is 17.3 Å². The van der Waals surface area contributed by atoms with Crippen LogP contribution >= 0.6 is 0 Å². The van der Waals surface area contributed by atoms with Gasteiger partial charge in [0.25, 0.3) is 0 Å². The number of ketones is 3. The van der Waals surface area contributed by atoms with Crippen molar-refractivity contribution in [2.75, 3.05) is 0 Å². The summed E-state index contributed by atoms with van der Waals surface area (Å²) in [4.78, 5) is 43.6. The predicted molar refractivity (Wildman–Crippen MR) is 99.6 cm³/mol. The molecule has 4 heteroatoms. The number of carbonyl (C=O) groups excluding carboxylic acids is 3. The zero-order chi connectivity index (χ0) is 18.5. The summed E-state index contributed by atoms with van der Waals surface area (Å²) in [7, 11) is 0. The summed E-state index contributed by atoms with van der Waals surface area (Å²) in [5.74, 6) is -0.622. The molecule has 132 valence electrons. The molecule has 1 aromatic heterocycles. The third kappa shape index (κ3) is 2.29. The molecule has 0 N–H and O–H groups in total. The van der Waals surface area contributed by atoms with Crippen LogP contribution in [0.15, 0.2) is 71.1 Å². The van der Waals surface area contributed by atoms with Crippen molar-refractivity contribution in [2.45, 2.75) is 31.6 Å². The minimum atomic E-state index is -0.491. The molecule has 1 unspecified atom stereocenters. The Morgan fingerprint density at radius 3 is 2.37 bits per heavy atom. The Hall–Kier alpha value is -3.14. The van der Waals surface area contributed by atoms with Gasteiger partial charge in [-0.1, -0.05) is 35.9 Å². The van der Waals surface area contributed by atoms with Gasteiger partial charge in [-0.25, -0.2) is 0 Å². The zero-order valence-electron chi connectivity index (χ0n) is 14.7. The quantitative estimate of drug-likeness (QED) is 0.776. The number of allylic oxidation sites excluding steroid dienone is 4. The van der Waals surface area contributed by atoms with Gasteiger partial charge in [0, 0.05) is 52.6 Å². The van der Waals surface area contributed by atoms with Crippen molar-refractivity contribution >= 4 is 17.3 Å². The number of hydrogen-bond acceptors (Lipinski definition) is 4. The van der Waals surface area contributed by atoms with Gasteiger partial charge in [0.1, 0.15) is 0 Å². The molecule has 0 amide bonds. The van der Waals surface area contributed by atoms with E-state index in [9.17, 15) is 14.4 Å². The summed E-state index contributed by atoms with van der Waals surface area (Å²) < 4.78 is 0. The molecule has 0 bridgehead atoms. The van der Waals surface area contributed by atoms with Crippen molar-refractivity contribution in [3.8, 4) is 0 Å². The van der Waals surface area contributed by atoms with E-state index in [0.717, 1.165) is 24.0 Å². The van der Waals surface area contributed by atoms with Gasteiger partial charge in [-0.3, -0.25) is 19.4 Å². The van der Waals surface area contributed by atoms with Crippen LogP contribution in [0.3, 0.4) is 0 Å². The second-order valence-corrected chi connectivity index (χ2v) is 7.29. The van der Waals surface area contributed by atoms with E-state index in [0.29, 0.717) is 40.7 Å². The fourth-order valence-electron chi connectivity index (χ4n) is 4.64. The van der Waals surface area contributed by atoms with Gasteiger partial charge in [-0.05, 0) is 30.9 Å². The number of benzene rings is 1. The van der Waals surface area contributed by atoms with E-state index in [1.54, 1.807) is 42.7 Å². The summed E-state index contributed by atoms with van der Waals surface area (Å²) in [6.07, 6.45) is 5.88. The minimum Gasteiger partial charge on any atom is -0.295 e. The lowest BCUT2D eigenvalue weighted by molar-refractivity contribution is -0.116. The second kappa shape index (κ2) is 5.95. The molecular weight excluding hydrogens is 338 g/mol. The molecule has 3 aliphatic carbocycles. The first-order chi connectivity index (χ1) is 13.2. The van der Waals surface area contributed by atoms with Crippen molar-refractivity contribution < 1.29 is 14.4 Å². The van der Waals surface area contributed by atoms with Crippen LogP contribution in [-0.2, 0) is 4.79 Å². The first-order valence-corrected chi connectivity index (χ1v) is 9.23. The highest BCUT2D eigenvalue weighted by atomic mass is 16.1. The molecule has 0 radical (unpaired) electrons. The summed E-state index contributed by atoms with van der Waals surface area (Å²) in [5, 5.41) is 0. The maximum absolute atomic E-state index is 13.4. The van der Waals surface area contributed by atoms with E-state index in [1.807, 2.05) is 6.07 Å². The number of Topliss-reactive ketones (excluding diaryl/α,β-unsaturated/α-hetero) is 3. The largest absolute Gasteiger partial charge is 0.295 e. The van der Waals surface area contributed by atoms with Crippen LogP contribution < -0.4 is 0 Å². The molecule has 1 atom stereocenters. The molecule has 5 rings (SSSR count).